The quantitative estimate of drug-likeness (QED) is 0.693. The highest BCUT2D eigenvalue weighted by molar-refractivity contribution is 6.00. The average Bonchev–Trinajstić information content (AvgIpc) is 2.86. The second-order valence-electron chi connectivity index (χ2n) is 5.01. The molecular weight excluding hydrogens is 242 g/mol. The van der Waals surface area contributed by atoms with Gasteiger partial charge in [-0.15, -0.1) is 0 Å². The average molecular weight is 259 g/mol. The zero-order valence-corrected chi connectivity index (χ0v) is 10.7. The van der Waals surface area contributed by atoms with Crippen LogP contribution < -0.4 is 16.0 Å². The van der Waals surface area contributed by atoms with Gasteiger partial charge in [-0.25, -0.2) is 0 Å². The molecule has 3 N–H and O–H groups in total. The number of hydrogen-bond acceptors (Lipinski definition) is 4. The van der Waals surface area contributed by atoms with Gasteiger partial charge in [0.15, 0.2) is 0 Å². The summed E-state index contributed by atoms with van der Waals surface area (Å²) in [6, 6.07) is 5.98. The number of rotatable bonds is 3. The minimum Gasteiger partial charge on any atom is -0.384 e. The van der Waals surface area contributed by atoms with Crippen LogP contribution in [0.15, 0.2) is 18.2 Å². The van der Waals surface area contributed by atoms with E-state index in [1.165, 1.54) is 16.8 Å². The number of carbonyl (C=O) groups excluding carboxylic acids is 2. The molecule has 2 aliphatic rings. The number of amides is 2. The van der Waals surface area contributed by atoms with E-state index in [4.69, 9.17) is 0 Å². The van der Waals surface area contributed by atoms with Crippen molar-refractivity contribution in [1.29, 1.82) is 0 Å². The summed E-state index contributed by atoms with van der Waals surface area (Å²) in [5.41, 5.74) is 3.71. The van der Waals surface area contributed by atoms with Crippen molar-refractivity contribution < 1.29 is 9.59 Å². The Hall–Kier alpha value is -1.88. The smallest absolute Gasteiger partial charge is 0.243 e. The summed E-state index contributed by atoms with van der Waals surface area (Å²) >= 11 is 0. The van der Waals surface area contributed by atoms with Crippen LogP contribution >= 0.6 is 0 Å². The highest BCUT2D eigenvalue weighted by Crippen LogP contribution is 2.26. The van der Waals surface area contributed by atoms with E-state index < -0.39 is 0 Å². The van der Waals surface area contributed by atoms with Crippen LogP contribution in [0, 0.1) is 0 Å². The summed E-state index contributed by atoms with van der Waals surface area (Å²) < 4.78 is 0. The molecule has 1 fully saturated rings. The number of carbonyl (C=O) groups is 2. The van der Waals surface area contributed by atoms with Crippen molar-refractivity contribution in [2.24, 2.45) is 0 Å². The van der Waals surface area contributed by atoms with Crippen LogP contribution in [0.4, 0.5) is 5.69 Å². The van der Waals surface area contributed by atoms with Gasteiger partial charge < -0.3 is 10.6 Å². The lowest BCUT2D eigenvalue weighted by molar-refractivity contribution is -0.134. The summed E-state index contributed by atoms with van der Waals surface area (Å²) in [5, 5.41) is 8.98. The molecule has 19 heavy (non-hydrogen) atoms. The monoisotopic (exact) mass is 259 g/mol. The molecule has 0 bridgehead atoms. The zero-order valence-electron chi connectivity index (χ0n) is 10.7. The third-order valence-electron chi connectivity index (χ3n) is 3.71. The predicted octanol–water partition coefficient (Wildman–Crippen LogP) is 0.549. The van der Waals surface area contributed by atoms with Crippen LogP contribution in [0.5, 0.6) is 0 Å². The first-order valence-corrected chi connectivity index (χ1v) is 6.66. The van der Waals surface area contributed by atoms with Gasteiger partial charge >= 0.3 is 0 Å². The number of nitrogens with one attached hydrogen (secondary N) is 3. The van der Waals surface area contributed by atoms with Crippen molar-refractivity contribution in [2.75, 3.05) is 11.9 Å². The van der Waals surface area contributed by atoms with Crippen molar-refractivity contribution in [1.82, 2.24) is 10.6 Å². The van der Waals surface area contributed by atoms with E-state index in [0.717, 1.165) is 13.0 Å². The van der Waals surface area contributed by atoms with Crippen LogP contribution in [0.3, 0.4) is 0 Å². The summed E-state index contributed by atoms with van der Waals surface area (Å²) in [5.74, 6) is -0.387. The molecule has 1 aromatic carbocycles. The number of piperidine rings is 1. The van der Waals surface area contributed by atoms with E-state index in [9.17, 15) is 9.59 Å². The van der Waals surface area contributed by atoms with E-state index >= 15 is 0 Å². The molecular formula is C14H17N3O2. The standard InChI is InChI=1S/C14H17N3O2/c18-12-5-4-11(14(19)17-12)16-8-10-3-1-2-9-6-7-15-13(9)10/h1-3,11,15-16H,4-8H2,(H,17,18,19). The van der Waals surface area contributed by atoms with Crippen molar-refractivity contribution >= 4 is 17.5 Å². The van der Waals surface area contributed by atoms with E-state index in [2.05, 4.69) is 28.1 Å². The Kier molecular flexibility index (Phi) is 3.21. The Balaban J connectivity index is 1.65. The van der Waals surface area contributed by atoms with E-state index in [1.807, 2.05) is 6.07 Å². The van der Waals surface area contributed by atoms with Crippen LogP contribution in [0.25, 0.3) is 0 Å². The van der Waals surface area contributed by atoms with Gasteiger partial charge in [0.2, 0.25) is 11.8 Å². The van der Waals surface area contributed by atoms with Gasteiger partial charge in [0.1, 0.15) is 0 Å². The minimum absolute atomic E-state index is 0.176. The summed E-state index contributed by atoms with van der Waals surface area (Å²) in [7, 11) is 0. The molecule has 0 aromatic heterocycles. The fourth-order valence-corrected chi connectivity index (χ4v) is 2.68. The molecule has 5 nitrogen and oxygen atoms in total. The molecule has 1 unspecified atom stereocenters. The third kappa shape index (κ3) is 2.46. The molecule has 100 valence electrons. The highest BCUT2D eigenvalue weighted by Gasteiger charge is 2.26. The molecule has 0 aliphatic carbocycles. The maximum Gasteiger partial charge on any atom is 0.243 e. The normalized spacial score (nSPS) is 21.8. The lowest BCUT2D eigenvalue weighted by Crippen LogP contribution is -2.50. The number of fused-ring (bicyclic) bond motifs is 1. The fourth-order valence-electron chi connectivity index (χ4n) is 2.68. The van der Waals surface area contributed by atoms with Gasteiger partial charge in [-0.1, -0.05) is 18.2 Å². The molecule has 1 aromatic rings. The topological polar surface area (TPSA) is 70.2 Å². The van der Waals surface area contributed by atoms with Crippen molar-refractivity contribution in [3.05, 3.63) is 29.3 Å². The molecule has 0 spiro atoms. The maximum atomic E-state index is 11.6. The minimum atomic E-state index is -0.269. The Morgan fingerprint density at radius 3 is 3.00 bits per heavy atom. The number of imide groups is 1. The summed E-state index contributed by atoms with van der Waals surface area (Å²) in [6.45, 7) is 1.62. The summed E-state index contributed by atoms with van der Waals surface area (Å²) in [4.78, 5) is 22.7. The Morgan fingerprint density at radius 1 is 1.26 bits per heavy atom. The van der Waals surface area contributed by atoms with Crippen molar-refractivity contribution in [3.63, 3.8) is 0 Å². The molecule has 0 saturated carbocycles. The third-order valence-corrected chi connectivity index (χ3v) is 3.71. The number of benzene rings is 1. The SMILES string of the molecule is O=C1CCC(NCc2cccc3c2NCC3)C(=O)N1. The largest absolute Gasteiger partial charge is 0.384 e. The highest BCUT2D eigenvalue weighted by atomic mass is 16.2. The van der Waals surface area contributed by atoms with Gasteiger partial charge in [-0.3, -0.25) is 14.9 Å². The van der Waals surface area contributed by atoms with E-state index in [-0.39, 0.29) is 17.9 Å². The molecule has 2 amide bonds. The van der Waals surface area contributed by atoms with Crippen LogP contribution in [0.1, 0.15) is 24.0 Å². The molecule has 3 rings (SSSR count). The second-order valence-corrected chi connectivity index (χ2v) is 5.01. The first kappa shape index (κ1) is 12.2. The molecule has 5 heteroatoms. The molecule has 1 saturated heterocycles. The predicted molar refractivity (Wildman–Crippen MR) is 71.6 cm³/mol. The Morgan fingerprint density at radius 2 is 2.16 bits per heavy atom. The van der Waals surface area contributed by atoms with Crippen LogP contribution in [-0.2, 0) is 22.6 Å². The number of para-hydroxylation sites is 1. The molecule has 2 aliphatic heterocycles. The van der Waals surface area contributed by atoms with E-state index in [0.29, 0.717) is 19.4 Å². The second kappa shape index (κ2) is 5.01. The van der Waals surface area contributed by atoms with Gasteiger partial charge in [0, 0.05) is 25.2 Å². The lowest BCUT2D eigenvalue weighted by atomic mass is 10.0. The molecule has 0 radical (unpaired) electrons. The van der Waals surface area contributed by atoms with Crippen LogP contribution in [-0.4, -0.2) is 24.4 Å². The lowest BCUT2D eigenvalue weighted by Gasteiger charge is -2.22. The number of anilines is 1. The number of hydrogen-bond donors (Lipinski definition) is 3. The Bertz CT molecular complexity index is 527. The fraction of sp³-hybridized carbons (Fsp3) is 0.429. The molecule has 2 heterocycles. The first-order chi connectivity index (χ1) is 9.24. The van der Waals surface area contributed by atoms with Gasteiger partial charge in [-0.2, -0.15) is 0 Å². The van der Waals surface area contributed by atoms with Crippen molar-refractivity contribution in [2.45, 2.75) is 31.8 Å². The van der Waals surface area contributed by atoms with Gasteiger partial charge in [0.05, 0.1) is 6.04 Å². The molecule has 1 atom stereocenters. The zero-order chi connectivity index (χ0) is 13.2. The summed E-state index contributed by atoms with van der Waals surface area (Å²) in [6.07, 6.45) is 2.04. The van der Waals surface area contributed by atoms with Crippen molar-refractivity contribution in [3.8, 4) is 0 Å². The van der Waals surface area contributed by atoms with E-state index in [1.54, 1.807) is 0 Å². The van der Waals surface area contributed by atoms with Gasteiger partial charge in [-0.05, 0) is 24.0 Å². The first-order valence-electron chi connectivity index (χ1n) is 6.66. The van der Waals surface area contributed by atoms with Gasteiger partial charge in [0.25, 0.3) is 0 Å². The Labute approximate surface area is 111 Å². The maximum absolute atomic E-state index is 11.6. The van der Waals surface area contributed by atoms with Crippen LogP contribution in [0.2, 0.25) is 0 Å².